The number of hydrogen-bond donors (Lipinski definition) is 0. The van der Waals surface area contributed by atoms with E-state index < -0.39 is 54.4 Å². The molecule has 11 heteroatoms. The molecule has 5 rings (SSSR count). The minimum Gasteiger partial charge on any atom is -0.490 e. The first-order chi connectivity index (χ1) is 22.0. The monoisotopic (exact) mass is 633 g/mol. The van der Waals surface area contributed by atoms with Crippen LogP contribution in [0.15, 0.2) is 36.4 Å². The zero-order chi connectivity index (χ0) is 33.0. The number of carbonyl (C=O) groups excluding carboxylic acids is 4. The lowest BCUT2D eigenvalue weighted by Gasteiger charge is -2.45. The van der Waals surface area contributed by atoms with Gasteiger partial charge in [-0.1, -0.05) is 24.3 Å². The Morgan fingerprint density at radius 1 is 0.826 bits per heavy atom. The van der Waals surface area contributed by atoms with Crippen molar-refractivity contribution in [2.45, 2.75) is 109 Å². The normalized spacial score (nSPS) is 24.1. The van der Waals surface area contributed by atoms with Crippen LogP contribution < -0.4 is 4.74 Å². The van der Waals surface area contributed by atoms with E-state index in [2.05, 4.69) is 30.3 Å². The summed E-state index contributed by atoms with van der Waals surface area (Å²) in [5.41, 5.74) is 3.85. The molecule has 0 amide bonds. The molecule has 11 nitrogen and oxygen atoms in total. The van der Waals surface area contributed by atoms with Crippen molar-refractivity contribution in [1.82, 2.24) is 0 Å². The van der Waals surface area contributed by atoms with Crippen LogP contribution in [0, 0.1) is 11.3 Å². The quantitative estimate of drug-likeness (QED) is 0.249. The third-order valence-corrected chi connectivity index (χ3v) is 8.42. The average molecular weight is 634 g/mol. The van der Waals surface area contributed by atoms with Crippen LogP contribution in [0.3, 0.4) is 0 Å². The summed E-state index contributed by atoms with van der Waals surface area (Å²) in [6.07, 6.45) is -0.744. The Labute approximate surface area is 268 Å². The maximum Gasteiger partial charge on any atom is 0.303 e. The molecule has 0 radical (unpaired) electrons. The van der Waals surface area contributed by atoms with Gasteiger partial charge >= 0.3 is 23.9 Å². The van der Waals surface area contributed by atoms with Crippen LogP contribution in [0.25, 0.3) is 0 Å². The lowest BCUT2D eigenvalue weighted by molar-refractivity contribution is -0.254. The van der Waals surface area contributed by atoms with Crippen molar-refractivity contribution in [3.8, 4) is 11.8 Å². The average Bonchev–Trinajstić information content (AvgIpc) is 3.82. The Kier molecular flexibility index (Phi) is 10.3. The standard InChI is InChI=1S/C35H39NO10/c1-19(37)41-18-31-33(42-20(2)38)35(44-22(4)40)34(43-21(3)39)32(46-31)29-15-26(14-23-8-10-24(11-9-23)25-12-13-25)27(17-36)16-30(29)45-28-6-5-7-28/h8-11,15-16,25,28,31-35H,5-7,12-14,18H2,1-4H3/t31-,32+,33-,34+,35+/m1/s1. The summed E-state index contributed by atoms with van der Waals surface area (Å²) in [6, 6.07) is 14.1. The molecule has 2 aliphatic carbocycles. The number of benzene rings is 2. The van der Waals surface area contributed by atoms with Gasteiger partial charge in [0.25, 0.3) is 0 Å². The van der Waals surface area contributed by atoms with Crippen molar-refractivity contribution in [3.63, 3.8) is 0 Å². The van der Waals surface area contributed by atoms with E-state index in [-0.39, 0.29) is 12.7 Å². The largest absolute Gasteiger partial charge is 0.490 e. The Hall–Kier alpha value is -4.43. The SMILES string of the molecule is CC(=O)OC[C@H]1O[C@@H](c2cc(Cc3ccc(C4CC4)cc3)c(C#N)cc2OC2CCC2)[C@H](OC(C)=O)[C@@H](OC(C)=O)[C@@H]1OC(C)=O. The van der Waals surface area contributed by atoms with Crippen molar-refractivity contribution in [1.29, 1.82) is 5.26 Å². The first-order valence-corrected chi connectivity index (χ1v) is 15.6. The zero-order valence-electron chi connectivity index (χ0n) is 26.5. The van der Waals surface area contributed by atoms with E-state index in [1.165, 1.54) is 46.1 Å². The van der Waals surface area contributed by atoms with Crippen LogP contribution in [0.2, 0.25) is 0 Å². The van der Waals surface area contributed by atoms with Gasteiger partial charge in [-0.05, 0) is 73.3 Å². The molecule has 1 heterocycles. The van der Waals surface area contributed by atoms with Gasteiger partial charge in [0, 0.05) is 33.3 Å². The molecule has 3 aliphatic rings. The van der Waals surface area contributed by atoms with Crippen molar-refractivity contribution in [2.75, 3.05) is 6.61 Å². The molecule has 3 fully saturated rings. The van der Waals surface area contributed by atoms with Gasteiger partial charge in [-0.2, -0.15) is 5.26 Å². The Bertz CT molecular complexity index is 1500. The summed E-state index contributed by atoms with van der Waals surface area (Å²) in [7, 11) is 0. The first kappa shape index (κ1) is 32.9. The molecule has 1 aliphatic heterocycles. The molecule has 2 aromatic rings. The van der Waals surface area contributed by atoms with Gasteiger partial charge in [-0.15, -0.1) is 0 Å². The summed E-state index contributed by atoms with van der Waals surface area (Å²) < 4.78 is 35.1. The van der Waals surface area contributed by atoms with Crippen LogP contribution in [0.1, 0.15) is 99.6 Å². The Morgan fingerprint density at radius 3 is 2.00 bits per heavy atom. The molecule has 2 saturated carbocycles. The van der Waals surface area contributed by atoms with Gasteiger partial charge in [-0.25, -0.2) is 0 Å². The van der Waals surface area contributed by atoms with E-state index in [4.69, 9.17) is 28.4 Å². The summed E-state index contributed by atoms with van der Waals surface area (Å²) in [5, 5.41) is 10.2. The molecule has 2 aromatic carbocycles. The number of nitrogens with zero attached hydrogens (tertiary/aromatic N) is 1. The van der Waals surface area contributed by atoms with E-state index in [1.54, 1.807) is 12.1 Å². The highest BCUT2D eigenvalue weighted by atomic mass is 16.7. The third-order valence-electron chi connectivity index (χ3n) is 8.42. The van der Waals surface area contributed by atoms with Crippen molar-refractivity contribution >= 4 is 23.9 Å². The Balaban J connectivity index is 1.61. The predicted octanol–water partition coefficient (Wildman–Crippen LogP) is 4.76. The molecule has 46 heavy (non-hydrogen) atoms. The van der Waals surface area contributed by atoms with Crippen LogP contribution in [0.4, 0.5) is 0 Å². The Morgan fingerprint density at radius 2 is 1.46 bits per heavy atom. The molecular formula is C35H39NO10. The maximum atomic E-state index is 12.5. The third kappa shape index (κ3) is 8.04. The molecule has 0 N–H and O–H groups in total. The highest BCUT2D eigenvalue weighted by Gasteiger charge is 2.53. The highest BCUT2D eigenvalue weighted by molar-refractivity contribution is 5.69. The molecular weight excluding hydrogens is 594 g/mol. The van der Waals surface area contributed by atoms with E-state index in [1.807, 2.05) is 0 Å². The van der Waals surface area contributed by atoms with Crippen LogP contribution in [0.5, 0.6) is 5.75 Å². The fourth-order valence-electron chi connectivity index (χ4n) is 5.91. The van der Waals surface area contributed by atoms with Crippen molar-refractivity contribution in [3.05, 3.63) is 64.2 Å². The topological polar surface area (TPSA) is 147 Å². The fourth-order valence-corrected chi connectivity index (χ4v) is 5.91. The van der Waals surface area contributed by atoms with Gasteiger partial charge < -0.3 is 28.4 Å². The molecule has 0 spiro atoms. The summed E-state index contributed by atoms with van der Waals surface area (Å²) in [5.74, 6) is -1.75. The van der Waals surface area contributed by atoms with E-state index >= 15 is 0 Å². The second-order valence-corrected chi connectivity index (χ2v) is 12.1. The first-order valence-electron chi connectivity index (χ1n) is 15.6. The van der Waals surface area contributed by atoms with Crippen molar-refractivity contribution < 1.29 is 47.6 Å². The maximum absolute atomic E-state index is 12.5. The molecule has 0 bridgehead atoms. The molecule has 1 saturated heterocycles. The highest BCUT2D eigenvalue weighted by Crippen LogP contribution is 2.44. The lowest BCUT2D eigenvalue weighted by Crippen LogP contribution is -2.59. The zero-order valence-corrected chi connectivity index (χ0v) is 26.5. The lowest BCUT2D eigenvalue weighted by atomic mass is 9.87. The van der Waals surface area contributed by atoms with Gasteiger partial charge in [0.15, 0.2) is 18.3 Å². The van der Waals surface area contributed by atoms with Crippen LogP contribution >= 0.6 is 0 Å². The van der Waals surface area contributed by atoms with Crippen LogP contribution in [-0.2, 0) is 49.3 Å². The predicted molar refractivity (Wildman–Crippen MR) is 162 cm³/mol. The number of carbonyl (C=O) groups is 4. The fraction of sp³-hybridized carbons (Fsp3) is 0.514. The van der Waals surface area contributed by atoms with Gasteiger partial charge in [0.2, 0.25) is 0 Å². The van der Waals surface area contributed by atoms with E-state index in [9.17, 15) is 24.4 Å². The molecule has 0 unspecified atom stereocenters. The van der Waals surface area contributed by atoms with Crippen LogP contribution in [-0.4, -0.2) is 61.0 Å². The molecule has 0 aromatic heterocycles. The van der Waals surface area contributed by atoms with E-state index in [0.29, 0.717) is 34.8 Å². The second kappa shape index (κ2) is 14.3. The van der Waals surface area contributed by atoms with Gasteiger partial charge in [0.05, 0.1) is 17.7 Å². The summed E-state index contributed by atoms with van der Waals surface area (Å²) >= 11 is 0. The smallest absolute Gasteiger partial charge is 0.303 e. The van der Waals surface area contributed by atoms with E-state index in [0.717, 1.165) is 24.8 Å². The molecule has 244 valence electrons. The number of ether oxygens (including phenoxy) is 6. The number of esters is 4. The minimum atomic E-state index is -1.32. The number of rotatable bonds is 11. The number of nitriles is 1. The minimum absolute atomic E-state index is 0.0863. The summed E-state index contributed by atoms with van der Waals surface area (Å²) in [6.45, 7) is 4.44. The number of hydrogen-bond acceptors (Lipinski definition) is 11. The van der Waals surface area contributed by atoms with Gasteiger partial charge in [-0.3, -0.25) is 19.2 Å². The van der Waals surface area contributed by atoms with Crippen molar-refractivity contribution in [2.24, 2.45) is 0 Å². The second-order valence-electron chi connectivity index (χ2n) is 12.1. The van der Waals surface area contributed by atoms with Gasteiger partial charge in [0.1, 0.15) is 24.6 Å². The summed E-state index contributed by atoms with van der Waals surface area (Å²) in [4.78, 5) is 48.9. The molecule has 5 atom stereocenters.